The lowest BCUT2D eigenvalue weighted by Gasteiger charge is -2.43. The van der Waals surface area contributed by atoms with E-state index in [2.05, 4.69) is 0 Å². The normalized spacial score (nSPS) is 20.1. The third kappa shape index (κ3) is 6.22. The Morgan fingerprint density at radius 3 is 2.19 bits per heavy atom. The van der Waals surface area contributed by atoms with E-state index in [1.165, 1.54) is 4.90 Å². The Kier molecular flexibility index (Phi) is 7.50. The van der Waals surface area contributed by atoms with Crippen molar-refractivity contribution >= 4 is 22.1 Å². The van der Waals surface area contributed by atoms with Gasteiger partial charge in [0.1, 0.15) is 11.6 Å². The summed E-state index contributed by atoms with van der Waals surface area (Å²) in [6.45, 7) is 9.19. The molecule has 0 aliphatic carbocycles. The SMILES string of the molecule is Cc1ccc(S(=O)(=O)OCCC2CCN(C(=O)C3CCN3C(=O)OC(C)(C)C)CC2)cc1. The van der Waals surface area contributed by atoms with Gasteiger partial charge in [-0.2, -0.15) is 8.42 Å². The van der Waals surface area contributed by atoms with Crippen LogP contribution in [0.2, 0.25) is 0 Å². The van der Waals surface area contributed by atoms with Crippen LogP contribution in [0.4, 0.5) is 4.79 Å². The molecule has 0 N–H and O–H groups in total. The van der Waals surface area contributed by atoms with Gasteiger partial charge in [-0.25, -0.2) is 4.79 Å². The molecule has 2 heterocycles. The molecule has 2 amide bonds. The van der Waals surface area contributed by atoms with Crippen LogP contribution in [0, 0.1) is 12.8 Å². The van der Waals surface area contributed by atoms with Gasteiger partial charge in [0.05, 0.1) is 11.5 Å². The van der Waals surface area contributed by atoms with Crippen LogP contribution >= 0.6 is 0 Å². The molecule has 8 nitrogen and oxygen atoms in total. The highest BCUT2D eigenvalue weighted by atomic mass is 32.2. The number of amides is 2. The Morgan fingerprint density at radius 1 is 1.03 bits per heavy atom. The fourth-order valence-electron chi connectivity index (χ4n) is 3.93. The summed E-state index contributed by atoms with van der Waals surface area (Å²) in [5, 5.41) is 0. The Bertz CT molecular complexity index is 915. The lowest BCUT2D eigenvalue weighted by molar-refractivity contribution is -0.142. The first-order chi connectivity index (χ1) is 15.0. The van der Waals surface area contributed by atoms with Crippen LogP contribution in [0.25, 0.3) is 0 Å². The van der Waals surface area contributed by atoms with Crippen molar-refractivity contribution in [1.29, 1.82) is 0 Å². The molecule has 2 saturated heterocycles. The molecule has 2 aliphatic heterocycles. The van der Waals surface area contributed by atoms with E-state index in [4.69, 9.17) is 8.92 Å². The predicted octanol–water partition coefficient (Wildman–Crippen LogP) is 3.34. The molecule has 32 heavy (non-hydrogen) atoms. The van der Waals surface area contributed by atoms with Crippen molar-refractivity contribution in [2.45, 2.75) is 69.9 Å². The number of likely N-dealkylation sites (tertiary alicyclic amines) is 2. The summed E-state index contributed by atoms with van der Waals surface area (Å²) in [5.41, 5.74) is 0.398. The average Bonchev–Trinajstić information content (AvgIpc) is 2.66. The molecule has 0 saturated carbocycles. The van der Waals surface area contributed by atoms with E-state index in [9.17, 15) is 18.0 Å². The number of piperidine rings is 1. The minimum atomic E-state index is -3.75. The van der Waals surface area contributed by atoms with Gasteiger partial charge in [0, 0.05) is 19.6 Å². The number of ether oxygens (including phenoxy) is 1. The Hall–Kier alpha value is -2.13. The second-order valence-electron chi connectivity index (χ2n) is 9.62. The third-order valence-corrected chi connectivity index (χ3v) is 7.26. The summed E-state index contributed by atoms with van der Waals surface area (Å²) in [4.78, 5) is 28.6. The molecule has 3 rings (SSSR count). The van der Waals surface area contributed by atoms with Gasteiger partial charge in [0.15, 0.2) is 0 Å². The maximum atomic E-state index is 12.9. The van der Waals surface area contributed by atoms with E-state index in [1.54, 1.807) is 24.3 Å². The number of hydrogen-bond acceptors (Lipinski definition) is 6. The first-order valence-electron chi connectivity index (χ1n) is 11.2. The summed E-state index contributed by atoms with van der Waals surface area (Å²) >= 11 is 0. The smallest absolute Gasteiger partial charge is 0.410 e. The van der Waals surface area contributed by atoms with Gasteiger partial charge in [-0.05, 0) is 71.4 Å². The number of aryl methyl sites for hydroxylation is 1. The van der Waals surface area contributed by atoms with Crippen molar-refractivity contribution in [3.05, 3.63) is 29.8 Å². The number of hydrogen-bond donors (Lipinski definition) is 0. The second-order valence-corrected chi connectivity index (χ2v) is 11.2. The molecule has 0 bridgehead atoms. The van der Waals surface area contributed by atoms with Crippen molar-refractivity contribution < 1.29 is 26.9 Å². The van der Waals surface area contributed by atoms with Crippen molar-refractivity contribution in [2.24, 2.45) is 5.92 Å². The number of carbonyl (C=O) groups is 2. The maximum Gasteiger partial charge on any atom is 0.410 e. The predicted molar refractivity (Wildman–Crippen MR) is 120 cm³/mol. The van der Waals surface area contributed by atoms with Crippen LogP contribution in [-0.4, -0.2) is 68.1 Å². The van der Waals surface area contributed by atoms with Crippen LogP contribution in [0.1, 0.15) is 52.0 Å². The summed E-state index contributed by atoms with van der Waals surface area (Å²) in [6.07, 6.45) is 2.42. The fourth-order valence-corrected chi connectivity index (χ4v) is 4.85. The summed E-state index contributed by atoms with van der Waals surface area (Å²) in [7, 11) is -3.75. The zero-order valence-electron chi connectivity index (χ0n) is 19.4. The first-order valence-corrected chi connectivity index (χ1v) is 12.6. The van der Waals surface area contributed by atoms with Crippen LogP contribution in [0.5, 0.6) is 0 Å². The lowest BCUT2D eigenvalue weighted by atomic mass is 9.92. The highest BCUT2D eigenvalue weighted by Crippen LogP contribution is 2.27. The molecule has 9 heteroatoms. The Labute approximate surface area is 191 Å². The van der Waals surface area contributed by atoms with Crippen LogP contribution in [-0.2, 0) is 23.8 Å². The molecule has 1 atom stereocenters. The molecule has 178 valence electrons. The number of carbonyl (C=O) groups excluding carboxylic acids is 2. The van der Waals surface area contributed by atoms with Gasteiger partial charge in [0.2, 0.25) is 5.91 Å². The van der Waals surface area contributed by atoms with E-state index in [1.807, 2.05) is 32.6 Å². The van der Waals surface area contributed by atoms with Gasteiger partial charge < -0.3 is 9.64 Å². The van der Waals surface area contributed by atoms with E-state index >= 15 is 0 Å². The Balaban J connectivity index is 1.42. The van der Waals surface area contributed by atoms with Gasteiger partial charge in [0.25, 0.3) is 10.1 Å². The molecular formula is C23H34N2O6S. The zero-order chi connectivity index (χ0) is 23.5. The van der Waals surface area contributed by atoms with Gasteiger partial charge in [-0.15, -0.1) is 0 Å². The van der Waals surface area contributed by atoms with Crippen LogP contribution in [0.3, 0.4) is 0 Å². The van der Waals surface area contributed by atoms with E-state index in [0.717, 1.165) is 18.4 Å². The topological polar surface area (TPSA) is 93.2 Å². The molecule has 1 aromatic rings. The fraction of sp³-hybridized carbons (Fsp3) is 0.652. The van der Waals surface area contributed by atoms with Crippen LogP contribution < -0.4 is 0 Å². The molecular weight excluding hydrogens is 432 g/mol. The van der Waals surface area contributed by atoms with E-state index in [0.29, 0.717) is 38.4 Å². The monoisotopic (exact) mass is 466 g/mol. The molecule has 2 aliphatic rings. The van der Waals surface area contributed by atoms with Crippen LogP contribution in [0.15, 0.2) is 29.2 Å². The number of nitrogens with zero attached hydrogens (tertiary/aromatic N) is 2. The van der Waals surface area contributed by atoms with E-state index < -0.39 is 27.9 Å². The standard InChI is InChI=1S/C23H34N2O6S/c1-17-5-7-19(8-6-17)32(28,29)30-16-12-18-9-13-24(14-10-18)21(26)20-11-15-25(20)22(27)31-23(2,3)4/h5-8,18,20H,9-16H2,1-4H3. The molecule has 1 aromatic carbocycles. The molecule has 0 radical (unpaired) electrons. The largest absolute Gasteiger partial charge is 0.444 e. The Morgan fingerprint density at radius 2 is 1.66 bits per heavy atom. The molecule has 0 spiro atoms. The van der Waals surface area contributed by atoms with Gasteiger partial charge in [-0.1, -0.05) is 17.7 Å². The minimum Gasteiger partial charge on any atom is -0.444 e. The van der Waals surface area contributed by atoms with Gasteiger partial charge >= 0.3 is 6.09 Å². The molecule has 2 fully saturated rings. The first kappa shape index (κ1) is 24.5. The maximum absolute atomic E-state index is 12.9. The number of rotatable bonds is 6. The molecule has 0 aromatic heterocycles. The highest BCUT2D eigenvalue weighted by molar-refractivity contribution is 7.86. The highest BCUT2D eigenvalue weighted by Gasteiger charge is 2.42. The average molecular weight is 467 g/mol. The lowest BCUT2D eigenvalue weighted by Crippen LogP contribution is -2.60. The summed E-state index contributed by atoms with van der Waals surface area (Å²) in [5.74, 6) is 0.273. The van der Waals surface area contributed by atoms with Crippen molar-refractivity contribution in [1.82, 2.24) is 9.80 Å². The second kappa shape index (κ2) is 9.79. The van der Waals surface area contributed by atoms with Crippen molar-refractivity contribution in [3.63, 3.8) is 0 Å². The van der Waals surface area contributed by atoms with Crippen molar-refractivity contribution in [2.75, 3.05) is 26.2 Å². The summed E-state index contributed by atoms with van der Waals surface area (Å²) < 4.78 is 35.2. The van der Waals surface area contributed by atoms with E-state index in [-0.39, 0.29) is 17.4 Å². The zero-order valence-corrected chi connectivity index (χ0v) is 20.2. The minimum absolute atomic E-state index is 0.0289. The number of benzene rings is 1. The third-order valence-electron chi connectivity index (χ3n) is 5.93. The summed E-state index contributed by atoms with van der Waals surface area (Å²) in [6, 6.07) is 6.15. The molecule has 1 unspecified atom stereocenters. The van der Waals surface area contributed by atoms with Crippen molar-refractivity contribution in [3.8, 4) is 0 Å². The van der Waals surface area contributed by atoms with Gasteiger partial charge in [-0.3, -0.25) is 13.9 Å². The quantitative estimate of drug-likeness (QED) is 0.597.